The largest absolute Gasteiger partial charge is 0.438 e. The number of hydrogen-bond acceptors (Lipinski definition) is 5. The van der Waals surface area contributed by atoms with Crippen molar-refractivity contribution in [1.82, 2.24) is 10.3 Å². The highest BCUT2D eigenvalue weighted by molar-refractivity contribution is 5.85. The minimum Gasteiger partial charge on any atom is -0.438 e. The highest BCUT2D eigenvalue weighted by Gasteiger charge is 2.39. The topological polar surface area (TPSA) is 81.4 Å². The van der Waals surface area contributed by atoms with E-state index in [4.69, 9.17) is 9.15 Å². The predicted octanol–water partition coefficient (Wildman–Crippen LogP) is 5.00. The van der Waals surface area contributed by atoms with Crippen LogP contribution in [0.3, 0.4) is 0 Å². The van der Waals surface area contributed by atoms with Crippen molar-refractivity contribution in [1.29, 1.82) is 0 Å². The quantitative estimate of drug-likeness (QED) is 0.525. The van der Waals surface area contributed by atoms with Crippen LogP contribution in [0, 0.1) is 0 Å². The number of ether oxygens (including phenoxy) is 1. The van der Waals surface area contributed by atoms with Crippen molar-refractivity contribution in [2.24, 2.45) is 0 Å². The predicted molar refractivity (Wildman–Crippen MR) is 115 cm³/mol. The zero-order valence-electron chi connectivity index (χ0n) is 18.0. The van der Waals surface area contributed by atoms with E-state index in [1.165, 1.54) is 0 Å². The summed E-state index contributed by atoms with van der Waals surface area (Å²) in [5.74, 6) is 1.37. The molecule has 3 rings (SSSR count). The number of nitrogens with one attached hydrogen (secondary N) is 1. The number of carbonyl (C=O) groups is 2. The third-order valence-corrected chi connectivity index (χ3v) is 5.73. The van der Waals surface area contributed by atoms with Crippen molar-refractivity contribution in [3.8, 4) is 11.3 Å². The molecule has 162 valence electrons. The molecular weight excluding hydrogens is 380 g/mol. The van der Waals surface area contributed by atoms with E-state index < -0.39 is 5.60 Å². The zero-order valence-corrected chi connectivity index (χ0v) is 18.0. The van der Waals surface area contributed by atoms with E-state index in [1.54, 1.807) is 6.20 Å². The van der Waals surface area contributed by atoms with Crippen LogP contribution in [0.15, 0.2) is 40.9 Å². The summed E-state index contributed by atoms with van der Waals surface area (Å²) in [5, 5.41) is 3.10. The van der Waals surface area contributed by atoms with Gasteiger partial charge in [0.2, 0.25) is 5.89 Å². The van der Waals surface area contributed by atoms with Crippen molar-refractivity contribution >= 4 is 11.7 Å². The molecule has 0 spiro atoms. The third kappa shape index (κ3) is 5.79. The Bertz CT molecular complexity index is 825. The number of Topliss-reactive ketones (excluding diaryl/α,β-unsaturated/α-hetero) is 1. The highest BCUT2D eigenvalue weighted by Crippen LogP contribution is 2.29. The van der Waals surface area contributed by atoms with Crippen LogP contribution in [0.2, 0.25) is 0 Å². The fraction of sp³-hybridized carbons (Fsp3) is 0.542. The molecule has 1 aromatic carbocycles. The molecule has 2 aromatic rings. The van der Waals surface area contributed by atoms with Crippen molar-refractivity contribution in [2.75, 3.05) is 6.61 Å². The molecule has 0 saturated carbocycles. The van der Waals surface area contributed by atoms with Crippen molar-refractivity contribution in [3.05, 3.63) is 42.4 Å². The second kappa shape index (κ2) is 10.5. The number of carbonyl (C=O) groups excluding carboxylic acids is 2. The SMILES string of the molecule is CCC(=O)CCCCCC(NC(=O)C1(C)CCCO1)c1ncc(-c2ccccc2)o1. The molecular formula is C24H32N2O4. The molecule has 0 aliphatic carbocycles. The molecule has 1 aliphatic rings. The lowest BCUT2D eigenvalue weighted by molar-refractivity contribution is -0.140. The first kappa shape index (κ1) is 22.2. The van der Waals surface area contributed by atoms with Crippen LogP contribution in [0.25, 0.3) is 11.3 Å². The second-order valence-corrected chi connectivity index (χ2v) is 8.13. The van der Waals surface area contributed by atoms with Crippen LogP contribution in [0.1, 0.15) is 77.1 Å². The van der Waals surface area contributed by atoms with Crippen LogP contribution in [-0.2, 0) is 14.3 Å². The van der Waals surface area contributed by atoms with Gasteiger partial charge in [-0.1, -0.05) is 50.1 Å². The van der Waals surface area contributed by atoms with Crippen LogP contribution >= 0.6 is 0 Å². The van der Waals surface area contributed by atoms with Crippen molar-refractivity contribution in [3.63, 3.8) is 0 Å². The average Bonchev–Trinajstić information content (AvgIpc) is 3.43. The molecule has 6 heteroatoms. The van der Waals surface area contributed by atoms with Gasteiger partial charge in [0.25, 0.3) is 5.91 Å². The Labute approximate surface area is 178 Å². The maximum Gasteiger partial charge on any atom is 0.252 e. The third-order valence-electron chi connectivity index (χ3n) is 5.73. The summed E-state index contributed by atoms with van der Waals surface area (Å²) >= 11 is 0. The van der Waals surface area contributed by atoms with E-state index in [-0.39, 0.29) is 11.9 Å². The van der Waals surface area contributed by atoms with Gasteiger partial charge in [0, 0.05) is 25.0 Å². The molecule has 1 saturated heterocycles. The van der Waals surface area contributed by atoms with Crippen LogP contribution in [0.4, 0.5) is 0 Å². The highest BCUT2D eigenvalue weighted by atomic mass is 16.5. The average molecular weight is 413 g/mol. The molecule has 1 amide bonds. The van der Waals surface area contributed by atoms with Gasteiger partial charge in [0.15, 0.2) is 5.76 Å². The number of rotatable bonds is 11. The summed E-state index contributed by atoms with van der Waals surface area (Å²) in [4.78, 5) is 28.9. The van der Waals surface area contributed by atoms with E-state index >= 15 is 0 Å². The number of aromatic nitrogens is 1. The first-order chi connectivity index (χ1) is 14.5. The number of hydrogen-bond donors (Lipinski definition) is 1. The summed E-state index contributed by atoms with van der Waals surface area (Å²) in [6.45, 7) is 4.34. The lowest BCUT2D eigenvalue weighted by Gasteiger charge is -2.25. The molecule has 30 heavy (non-hydrogen) atoms. The summed E-state index contributed by atoms with van der Waals surface area (Å²) in [6, 6.07) is 9.47. The summed E-state index contributed by atoms with van der Waals surface area (Å²) in [5.41, 5.74) is 0.159. The maximum atomic E-state index is 12.9. The summed E-state index contributed by atoms with van der Waals surface area (Å²) < 4.78 is 11.7. The number of amides is 1. The van der Waals surface area contributed by atoms with E-state index in [0.717, 1.165) is 31.2 Å². The maximum absolute atomic E-state index is 12.9. The first-order valence-corrected chi connectivity index (χ1v) is 11.0. The normalized spacial score (nSPS) is 19.5. The van der Waals surface area contributed by atoms with Crippen LogP contribution in [-0.4, -0.2) is 28.9 Å². The Kier molecular flexibility index (Phi) is 7.80. The molecule has 1 aliphatic heterocycles. The Morgan fingerprint density at radius 1 is 1.20 bits per heavy atom. The van der Waals surface area contributed by atoms with Gasteiger partial charge in [-0.25, -0.2) is 4.98 Å². The minimum absolute atomic E-state index is 0.120. The fourth-order valence-electron chi connectivity index (χ4n) is 3.74. The van der Waals surface area contributed by atoms with Crippen LogP contribution in [0.5, 0.6) is 0 Å². The lowest BCUT2D eigenvalue weighted by Crippen LogP contribution is -2.45. The van der Waals surface area contributed by atoms with E-state index in [9.17, 15) is 9.59 Å². The second-order valence-electron chi connectivity index (χ2n) is 8.13. The molecule has 2 atom stereocenters. The van der Waals surface area contributed by atoms with E-state index in [1.807, 2.05) is 44.2 Å². The van der Waals surface area contributed by atoms with Gasteiger partial charge in [0.1, 0.15) is 17.4 Å². The number of ketones is 1. The van der Waals surface area contributed by atoms with Gasteiger partial charge in [-0.2, -0.15) is 0 Å². The lowest BCUT2D eigenvalue weighted by atomic mass is 10.00. The van der Waals surface area contributed by atoms with Crippen LogP contribution < -0.4 is 5.32 Å². The number of unbranched alkanes of at least 4 members (excludes halogenated alkanes) is 2. The molecule has 0 bridgehead atoms. The zero-order chi connectivity index (χ0) is 21.4. The Hall–Kier alpha value is -2.47. The van der Waals surface area contributed by atoms with Gasteiger partial charge in [-0.3, -0.25) is 9.59 Å². The summed E-state index contributed by atoms with van der Waals surface area (Å²) in [7, 11) is 0. The molecule has 6 nitrogen and oxygen atoms in total. The van der Waals surface area contributed by atoms with E-state index in [0.29, 0.717) is 49.7 Å². The Balaban J connectivity index is 1.66. The molecule has 2 unspecified atom stereocenters. The standard InChI is InChI=1S/C24H32N2O4/c1-3-19(27)13-8-5-9-14-20(26-23(28)24(2)15-10-16-29-24)22-25-17-21(30-22)18-11-6-4-7-12-18/h4,6-7,11-12,17,20H,3,5,8-10,13-16H2,1-2H3,(H,26,28). The molecule has 2 heterocycles. The Morgan fingerprint density at radius 3 is 2.70 bits per heavy atom. The molecule has 0 radical (unpaired) electrons. The monoisotopic (exact) mass is 412 g/mol. The smallest absolute Gasteiger partial charge is 0.252 e. The van der Waals surface area contributed by atoms with E-state index in [2.05, 4.69) is 10.3 Å². The van der Waals surface area contributed by atoms with Gasteiger partial charge < -0.3 is 14.5 Å². The van der Waals surface area contributed by atoms with Gasteiger partial charge >= 0.3 is 0 Å². The Morgan fingerprint density at radius 2 is 2.00 bits per heavy atom. The van der Waals surface area contributed by atoms with Crippen molar-refractivity contribution in [2.45, 2.75) is 76.9 Å². The van der Waals surface area contributed by atoms with Gasteiger partial charge in [-0.15, -0.1) is 0 Å². The molecule has 1 aromatic heterocycles. The number of nitrogens with zero attached hydrogens (tertiary/aromatic N) is 1. The molecule has 1 fully saturated rings. The van der Waals surface area contributed by atoms with Gasteiger partial charge in [-0.05, 0) is 32.6 Å². The molecule has 1 N–H and O–H groups in total. The van der Waals surface area contributed by atoms with Crippen molar-refractivity contribution < 1.29 is 18.7 Å². The number of oxazole rings is 1. The number of benzene rings is 1. The fourth-order valence-corrected chi connectivity index (χ4v) is 3.74. The van der Waals surface area contributed by atoms with Gasteiger partial charge in [0.05, 0.1) is 6.20 Å². The minimum atomic E-state index is -0.791. The first-order valence-electron chi connectivity index (χ1n) is 11.0. The summed E-state index contributed by atoms with van der Waals surface area (Å²) in [6.07, 6.45) is 7.90.